The number of nitrogens with zero attached hydrogens (tertiary/aromatic N) is 1. The maximum Gasteiger partial charge on any atom is 0.283 e. The Morgan fingerprint density at radius 2 is 2.00 bits per heavy atom. The van der Waals surface area contributed by atoms with Crippen LogP contribution in [-0.4, -0.2) is 10.7 Å². The molecule has 0 N–H and O–H groups in total. The molecule has 0 aliphatic carbocycles. The van der Waals surface area contributed by atoms with E-state index < -0.39 is 0 Å². The molecule has 1 aromatic rings. The number of unbranched alkanes of at least 4 members (excludes halogenated alkanes) is 1. The molecule has 0 atom stereocenters. The van der Waals surface area contributed by atoms with Crippen LogP contribution in [0.25, 0.3) is 0 Å². The lowest BCUT2D eigenvalue weighted by molar-refractivity contribution is -0.387. The summed E-state index contributed by atoms with van der Waals surface area (Å²) in [5.74, 6) is 0.937. The average molecular weight is 267 g/mol. The van der Waals surface area contributed by atoms with Gasteiger partial charge in [0, 0.05) is 6.07 Å². The van der Waals surface area contributed by atoms with Crippen LogP contribution < -0.4 is 0 Å². The summed E-state index contributed by atoms with van der Waals surface area (Å²) < 4.78 is 0. The van der Waals surface area contributed by atoms with Crippen LogP contribution in [0.3, 0.4) is 0 Å². The Morgan fingerprint density at radius 3 is 2.50 bits per heavy atom. The van der Waals surface area contributed by atoms with Crippen molar-refractivity contribution in [3.05, 3.63) is 33.9 Å². The van der Waals surface area contributed by atoms with Gasteiger partial charge in [-0.3, -0.25) is 10.1 Å². The highest BCUT2D eigenvalue weighted by molar-refractivity contribution is 7.99. The van der Waals surface area contributed by atoms with Gasteiger partial charge < -0.3 is 0 Å². The normalized spacial score (nSPS) is 11.6. The average Bonchev–Trinajstić information content (AvgIpc) is 2.28. The molecule has 0 amide bonds. The predicted molar refractivity (Wildman–Crippen MR) is 77.4 cm³/mol. The molecule has 0 saturated carbocycles. The van der Waals surface area contributed by atoms with E-state index in [1.807, 2.05) is 12.1 Å². The topological polar surface area (TPSA) is 43.1 Å². The standard InChI is InChI=1S/C14H21NO2S/c1-5-6-9-18-13-8-7-11(14(2,3)4)10-12(13)15(16)17/h7-8,10H,5-6,9H2,1-4H3. The molecule has 0 aliphatic heterocycles. The Balaban J connectivity index is 3.01. The van der Waals surface area contributed by atoms with Crippen LogP contribution in [0.15, 0.2) is 23.1 Å². The van der Waals surface area contributed by atoms with Crippen LogP contribution in [0.5, 0.6) is 0 Å². The first-order valence-corrected chi connectivity index (χ1v) is 7.26. The molecule has 0 fully saturated rings. The first kappa shape index (κ1) is 15.0. The van der Waals surface area contributed by atoms with Crippen molar-refractivity contribution in [3.63, 3.8) is 0 Å². The van der Waals surface area contributed by atoms with Gasteiger partial charge in [0.2, 0.25) is 0 Å². The lowest BCUT2D eigenvalue weighted by atomic mass is 9.87. The molecule has 0 bridgehead atoms. The minimum absolute atomic E-state index is 0.0582. The monoisotopic (exact) mass is 267 g/mol. The third kappa shape index (κ3) is 4.02. The van der Waals surface area contributed by atoms with Gasteiger partial charge in [-0.15, -0.1) is 11.8 Å². The van der Waals surface area contributed by atoms with Crippen LogP contribution in [0.4, 0.5) is 5.69 Å². The maximum atomic E-state index is 11.1. The smallest absolute Gasteiger partial charge is 0.258 e. The molecule has 3 nitrogen and oxygen atoms in total. The first-order chi connectivity index (χ1) is 8.36. The molecule has 1 rings (SSSR count). The summed E-state index contributed by atoms with van der Waals surface area (Å²) in [4.78, 5) is 11.6. The summed E-state index contributed by atoms with van der Waals surface area (Å²) in [6, 6.07) is 5.61. The lowest BCUT2D eigenvalue weighted by Crippen LogP contribution is -2.11. The second kappa shape index (κ2) is 6.23. The second-order valence-electron chi connectivity index (χ2n) is 5.39. The summed E-state index contributed by atoms with van der Waals surface area (Å²) in [6.45, 7) is 8.32. The quantitative estimate of drug-likeness (QED) is 0.333. The SMILES string of the molecule is CCCCSc1ccc(C(C)(C)C)cc1[N+](=O)[O-]. The molecule has 100 valence electrons. The fourth-order valence-corrected chi connectivity index (χ4v) is 2.67. The molecular weight excluding hydrogens is 246 g/mol. The van der Waals surface area contributed by atoms with Gasteiger partial charge in [-0.2, -0.15) is 0 Å². The third-order valence-electron chi connectivity index (χ3n) is 2.78. The van der Waals surface area contributed by atoms with E-state index in [0.717, 1.165) is 29.1 Å². The van der Waals surface area contributed by atoms with Crippen LogP contribution in [0.2, 0.25) is 0 Å². The molecule has 1 aromatic carbocycles. The highest BCUT2D eigenvalue weighted by Gasteiger charge is 2.20. The number of rotatable bonds is 5. The molecule has 0 spiro atoms. The van der Waals surface area contributed by atoms with E-state index in [0.29, 0.717) is 0 Å². The molecule has 0 saturated heterocycles. The minimum atomic E-state index is -0.274. The Bertz CT molecular complexity index is 424. The van der Waals surface area contributed by atoms with Crippen molar-refractivity contribution in [2.45, 2.75) is 50.8 Å². The number of benzene rings is 1. The summed E-state index contributed by atoms with van der Waals surface area (Å²) in [5.41, 5.74) is 1.19. The van der Waals surface area contributed by atoms with Gasteiger partial charge in [-0.25, -0.2) is 0 Å². The van der Waals surface area contributed by atoms with Crippen LogP contribution in [0, 0.1) is 10.1 Å². The minimum Gasteiger partial charge on any atom is -0.258 e. The zero-order chi connectivity index (χ0) is 13.8. The zero-order valence-electron chi connectivity index (χ0n) is 11.5. The third-order valence-corrected chi connectivity index (χ3v) is 3.93. The largest absolute Gasteiger partial charge is 0.283 e. The van der Waals surface area contributed by atoms with Crippen LogP contribution >= 0.6 is 11.8 Å². The molecule has 0 aromatic heterocycles. The van der Waals surface area contributed by atoms with Gasteiger partial charge in [0.1, 0.15) is 0 Å². The summed E-state index contributed by atoms with van der Waals surface area (Å²) >= 11 is 1.58. The highest BCUT2D eigenvalue weighted by atomic mass is 32.2. The van der Waals surface area contributed by atoms with Crippen molar-refractivity contribution >= 4 is 17.4 Å². The first-order valence-electron chi connectivity index (χ1n) is 6.28. The van der Waals surface area contributed by atoms with Crippen molar-refractivity contribution in [1.29, 1.82) is 0 Å². The van der Waals surface area contributed by atoms with Gasteiger partial charge in [-0.05, 0) is 29.2 Å². The summed E-state index contributed by atoms with van der Waals surface area (Å²) in [5, 5.41) is 11.1. The van der Waals surface area contributed by atoms with Crippen LogP contribution in [0.1, 0.15) is 46.1 Å². The Hall–Kier alpha value is -1.03. The van der Waals surface area contributed by atoms with E-state index in [1.165, 1.54) is 0 Å². The Morgan fingerprint density at radius 1 is 1.33 bits per heavy atom. The second-order valence-corrected chi connectivity index (χ2v) is 6.53. The number of nitro groups is 1. The highest BCUT2D eigenvalue weighted by Crippen LogP contribution is 2.34. The van der Waals surface area contributed by atoms with Crippen molar-refractivity contribution in [2.24, 2.45) is 0 Å². The fourth-order valence-electron chi connectivity index (χ4n) is 1.58. The number of nitro benzene ring substituents is 1. The van der Waals surface area contributed by atoms with Gasteiger partial charge in [0.05, 0.1) is 9.82 Å². The zero-order valence-corrected chi connectivity index (χ0v) is 12.3. The lowest BCUT2D eigenvalue weighted by Gasteiger charge is -2.19. The van der Waals surface area contributed by atoms with Gasteiger partial charge in [-0.1, -0.05) is 40.2 Å². The van der Waals surface area contributed by atoms with Gasteiger partial charge >= 0.3 is 0 Å². The van der Waals surface area contributed by atoms with E-state index in [-0.39, 0.29) is 16.0 Å². The molecule has 4 heteroatoms. The molecular formula is C14H21NO2S. The van der Waals surface area contributed by atoms with E-state index in [1.54, 1.807) is 17.8 Å². The number of hydrogen-bond acceptors (Lipinski definition) is 3. The van der Waals surface area contributed by atoms with Crippen molar-refractivity contribution in [2.75, 3.05) is 5.75 Å². The Kier molecular flexibility index (Phi) is 5.20. The molecule has 0 radical (unpaired) electrons. The van der Waals surface area contributed by atoms with E-state index >= 15 is 0 Å². The molecule has 0 unspecified atom stereocenters. The van der Waals surface area contributed by atoms with Crippen LogP contribution in [-0.2, 0) is 5.41 Å². The van der Waals surface area contributed by atoms with Gasteiger partial charge in [0.25, 0.3) is 5.69 Å². The Labute approximate surface area is 113 Å². The fraction of sp³-hybridized carbons (Fsp3) is 0.571. The number of hydrogen-bond donors (Lipinski definition) is 0. The van der Waals surface area contributed by atoms with E-state index in [4.69, 9.17) is 0 Å². The predicted octanol–water partition coefficient (Wildman–Crippen LogP) is 4.78. The van der Waals surface area contributed by atoms with Gasteiger partial charge in [0.15, 0.2) is 0 Å². The van der Waals surface area contributed by atoms with Crippen molar-refractivity contribution in [3.8, 4) is 0 Å². The molecule has 0 aliphatic rings. The molecule has 18 heavy (non-hydrogen) atoms. The molecule has 0 heterocycles. The summed E-state index contributed by atoms with van der Waals surface area (Å²) in [7, 11) is 0. The van der Waals surface area contributed by atoms with E-state index in [2.05, 4.69) is 27.7 Å². The summed E-state index contributed by atoms with van der Waals surface area (Å²) in [6.07, 6.45) is 2.20. The van der Waals surface area contributed by atoms with Crippen molar-refractivity contribution < 1.29 is 4.92 Å². The van der Waals surface area contributed by atoms with E-state index in [9.17, 15) is 10.1 Å². The van der Waals surface area contributed by atoms with Crippen molar-refractivity contribution in [1.82, 2.24) is 0 Å². The number of thioether (sulfide) groups is 1. The maximum absolute atomic E-state index is 11.1.